The standard InChI is InChI=1S/C19H17N3O5/c1-25-17-6-7-18(21-20-17)26-12-8-9-22(11-12)19(24)16-10-14(23)13-4-2-3-5-15(13)27-16/h2-7,10,12H,8-9,11H2,1H3. The summed E-state index contributed by atoms with van der Waals surface area (Å²) in [5, 5.41) is 8.23. The molecule has 3 heterocycles. The molecule has 3 aromatic rings. The van der Waals surface area contributed by atoms with Crippen molar-refractivity contribution in [3.63, 3.8) is 0 Å². The van der Waals surface area contributed by atoms with Gasteiger partial charge in [0.05, 0.1) is 19.0 Å². The lowest BCUT2D eigenvalue weighted by atomic mass is 10.2. The number of hydrogen-bond donors (Lipinski definition) is 0. The van der Waals surface area contributed by atoms with E-state index in [2.05, 4.69) is 10.2 Å². The molecule has 1 aliphatic rings. The molecule has 0 saturated carbocycles. The number of ether oxygens (including phenoxy) is 2. The molecule has 138 valence electrons. The third-order valence-electron chi connectivity index (χ3n) is 4.39. The summed E-state index contributed by atoms with van der Waals surface area (Å²) in [4.78, 5) is 26.5. The SMILES string of the molecule is COc1ccc(OC2CCN(C(=O)c3cc(=O)c4ccccc4o3)C2)nn1. The average Bonchev–Trinajstić information content (AvgIpc) is 3.16. The van der Waals surface area contributed by atoms with Crippen molar-refractivity contribution in [2.24, 2.45) is 0 Å². The second kappa shape index (κ2) is 7.06. The number of amides is 1. The Hall–Kier alpha value is -3.42. The first-order chi connectivity index (χ1) is 13.1. The molecule has 1 unspecified atom stereocenters. The first-order valence-electron chi connectivity index (χ1n) is 8.50. The summed E-state index contributed by atoms with van der Waals surface area (Å²) in [6.07, 6.45) is 0.445. The van der Waals surface area contributed by atoms with Crippen LogP contribution in [0.15, 0.2) is 51.7 Å². The maximum atomic E-state index is 12.7. The monoisotopic (exact) mass is 367 g/mol. The Balaban J connectivity index is 1.46. The Labute approximate surface area is 154 Å². The summed E-state index contributed by atoms with van der Waals surface area (Å²) in [7, 11) is 1.51. The number of benzene rings is 1. The molecular weight excluding hydrogens is 350 g/mol. The smallest absolute Gasteiger partial charge is 0.289 e. The van der Waals surface area contributed by atoms with Gasteiger partial charge in [-0.2, -0.15) is 0 Å². The molecule has 0 radical (unpaired) electrons. The van der Waals surface area contributed by atoms with E-state index in [1.165, 1.54) is 13.2 Å². The van der Waals surface area contributed by atoms with Crippen LogP contribution in [0.25, 0.3) is 11.0 Å². The molecular formula is C19H17N3O5. The number of carbonyl (C=O) groups is 1. The highest BCUT2D eigenvalue weighted by Gasteiger charge is 2.30. The number of carbonyl (C=O) groups excluding carboxylic acids is 1. The van der Waals surface area contributed by atoms with Crippen molar-refractivity contribution in [2.45, 2.75) is 12.5 Å². The van der Waals surface area contributed by atoms with Gasteiger partial charge in [0.15, 0.2) is 11.2 Å². The van der Waals surface area contributed by atoms with Crippen molar-refractivity contribution < 1.29 is 18.7 Å². The Morgan fingerprint density at radius 1 is 1.19 bits per heavy atom. The van der Waals surface area contributed by atoms with Gasteiger partial charge in [0.2, 0.25) is 11.8 Å². The Kier molecular flexibility index (Phi) is 4.45. The number of hydrogen-bond acceptors (Lipinski definition) is 7. The predicted octanol–water partition coefficient (Wildman–Crippen LogP) is 1.89. The Morgan fingerprint density at radius 3 is 2.74 bits per heavy atom. The van der Waals surface area contributed by atoms with Crippen molar-refractivity contribution in [3.05, 3.63) is 58.4 Å². The molecule has 0 bridgehead atoms. The third kappa shape index (κ3) is 3.46. The fourth-order valence-corrected chi connectivity index (χ4v) is 3.02. The quantitative estimate of drug-likeness (QED) is 0.695. The van der Waals surface area contributed by atoms with Gasteiger partial charge in [-0.25, -0.2) is 0 Å². The van der Waals surface area contributed by atoms with Gasteiger partial charge in [0.25, 0.3) is 5.91 Å². The van der Waals surface area contributed by atoms with Crippen LogP contribution in [0.1, 0.15) is 17.0 Å². The number of methoxy groups -OCH3 is 1. The maximum absolute atomic E-state index is 12.7. The molecule has 1 atom stereocenters. The van der Waals surface area contributed by atoms with Crippen molar-refractivity contribution in [2.75, 3.05) is 20.2 Å². The molecule has 1 saturated heterocycles. The van der Waals surface area contributed by atoms with Crippen LogP contribution in [0, 0.1) is 0 Å². The van der Waals surface area contributed by atoms with Crippen molar-refractivity contribution in [1.29, 1.82) is 0 Å². The average molecular weight is 367 g/mol. The highest BCUT2D eigenvalue weighted by Crippen LogP contribution is 2.20. The van der Waals surface area contributed by atoms with Gasteiger partial charge in [-0.3, -0.25) is 9.59 Å². The van der Waals surface area contributed by atoms with Gasteiger partial charge >= 0.3 is 0 Å². The molecule has 0 N–H and O–H groups in total. The van der Waals surface area contributed by atoms with Crippen LogP contribution >= 0.6 is 0 Å². The van der Waals surface area contributed by atoms with Gasteiger partial charge in [-0.05, 0) is 12.1 Å². The molecule has 8 nitrogen and oxygen atoms in total. The zero-order chi connectivity index (χ0) is 18.8. The molecule has 2 aromatic heterocycles. The Morgan fingerprint density at radius 2 is 1.96 bits per heavy atom. The molecule has 0 spiro atoms. The highest BCUT2D eigenvalue weighted by atomic mass is 16.5. The van der Waals surface area contributed by atoms with Crippen molar-refractivity contribution in [3.8, 4) is 11.8 Å². The number of fused-ring (bicyclic) bond motifs is 1. The lowest BCUT2D eigenvalue weighted by molar-refractivity contribution is 0.0740. The largest absolute Gasteiger partial charge is 0.480 e. The van der Waals surface area contributed by atoms with Gasteiger partial charge in [0, 0.05) is 31.2 Å². The predicted molar refractivity (Wildman–Crippen MR) is 96.0 cm³/mol. The number of aromatic nitrogens is 2. The van der Waals surface area contributed by atoms with Crippen LogP contribution in [0.2, 0.25) is 0 Å². The van der Waals surface area contributed by atoms with E-state index in [9.17, 15) is 9.59 Å². The van der Waals surface area contributed by atoms with Gasteiger partial charge < -0.3 is 18.8 Å². The van der Waals surface area contributed by atoms with Crippen molar-refractivity contribution in [1.82, 2.24) is 15.1 Å². The minimum absolute atomic E-state index is 0.0311. The summed E-state index contributed by atoms with van der Waals surface area (Å²) in [6, 6.07) is 11.4. The van der Waals surface area contributed by atoms with Crippen LogP contribution < -0.4 is 14.9 Å². The molecule has 1 aromatic carbocycles. The maximum Gasteiger partial charge on any atom is 0.289 e. The first kappa shape index (κ1) is 17.0. The zero-order valence-electron chi connectivity index (χ0n) is 14.6. The lowest BCUT2D eigenvalue weighted by Crippen LogP contribution is -2.31. The van der Waals surface area contributed by atoms with E-state index in [4.69, 9.17) is 13.9 Å². The Bertz CT molecular complexity index is 1030. The molecule has 27 heavy (non-hydrogen) atoms. The minimum atomic E-state index is -0.329. The van der Waals surface area contributed by atoms with E-state index < -0.39 is 0 Å². The summed E-state index contributed by atoms with van der Waals surface area (Å²) in [5.74, 6) is 0.470. The number of nitrogens with zero attached hydrogens (tertiary/aromatic N) is 3. The summed E-state index contributed by atoms with van der Waals surface area (Å²) < 4.78 is 16.4. The molecule has 4 rings (SSSR count). The van der Waals surface area contributed by atoms with Crippen LogP contribution in [0.4, 0.5) is 0 Å². The summed E-state index contributed by atoms with van der Waals surface area (Å²) in [5.41, 5.74) is 0.162. The fraction of sp³-hybridized carbons (Fsp3) is 0.263. The van der Waals surface area contributed by atoms with E-state index >= 15 is 0 Å². The van der Waals surface area contributed by atoms with Crippen molar-refractivity contribution >= 4 is 16.9 Å². The van der Waals surface area contributed by atoms with E-state index in [-0.39, 0.29) is 23.2 Å². The van der Waals surface area contributed by atoms with Gasteiger partial charge in [0.1, 0.15) is 11.7 Å². The second-order valence-corrected chi connectivity index (χ2v) is 6.16. The topological polar surface area (TPSA) is 94.8 Å². The van der Waals surface area contributed by atoms with E-state index in [0.717, 1.165) is 0 Å². The van der Waals surface area contributed by atoms with E-state index in [0.29, 0.717) is 42.2 Å². The fourth-order valence-electron chi connectivity index (χ4n) is 3.02. The summed E-state index contributed by atoms with van der Waals surface area (Å²) >= 11 is 0. The normalized spacial score (nSPS) is 16.5. The molecule has 0 aliphatic carbocycles. The third-order valence-corrected chi connectivity index (χ3v) is 4.39. The number of likely N-dealkylation sites (tertiary alicyclic amines) is 1. The van der Waals surface area contributed by atoms with E-state index in [1.807, 2.05) is 0 Å². The van der Waals surface area contributed by atoms with Crippen LogP contribution in [0.3, 0.4) is 0 Å². The number of para-hydroxylation sites is 1. The summed E-state index contributed by atoms with van der Waals surface area (Å²) in [6.45, 7) is 0.882. The van der Waals surface area contributed by atoms with Crippen LogP contribution in [-0.4, -0.2) is 47.3 Å². The molecule has 1 amide bonds. The first-order valence-corrected chi connectivity index (χ1v) is 8.50. The van der Waals surface area contributed by atoms with Crippen LogP contribution in [0.5, 0.6) is 11.8 Å². The number of rotatable bonds is 4. The van der Waals surface area contributed by atoms with E-state index in [1.54, 1.807) is 41.3 Å². The van der Waals surface area contributed by atoms with Gasteiger partial charge in [-0.1, -0.05) is 12.1 Å². The second-order valence-electron chi connectivity index (χ2n) is 6.16. The highest BCUT2D eigenvalue weighted by molar-refractivity contribution is 5.93. The van der Waals surface area contributed by atoms with Gasteiger partial charge in [-0.15, -0.1) is 10.2 Å². The molecule has 8 heteroatoms. The molecule has 1 fully saturated rings. The lowest BCUT2D eigenvalue weighted by Gasteiger charge is -2.16. The van der Waals surface area contributed by atoms with Crippen LogP contribution in [-0.2, 0) is 0 Å². The molecule has 1 aliphatic heterocycles. The minimum Gasteiger partial charge on any atom is -0.480 e. The zero-order valence-corrected chi connectivity index (χ0v) is 14.6.